The van der Waals surface area contributed by atoms with Gasteiger partial charge in [-0.05, 0) is 31.9 Å². The number of aryl methyl sites for hydroxylation is 1. The number of carbonyl (C=O) groups is 1. The minimum atomic E-state index is -4.86. The Balaban J connectivity index is 1.61. The molecule has 11 heteroatoms. The molecular weight excluding hydrogens is 389 g/mol. The van der Waals surface area contributed by atoms with Crippen LogP contribution in [0.25, 0.3) is 11.3 Å². The molecule has 0 unspecified atom stereocenters. The van der Waals surface area contributed by atoms with Crippen molar-refractivity contribution in [1.82, 2.24) is 25.0 Å². The average Bonchev–Trinajstić information content (AvgIpc) is 3.33. The number of anilines is 1. The molecule has 2 aromatic rings. The monoisotopic (exact) mass is 410 g/mol. The van der Waals surface area contributed by atoms with Crippen molar-refractivity contribution in [2.24, 2.45) is 0 Å². The van der Waals surface area contributed by atoms with Crippen LogP contribution in [0.2, 0.25) is 0 Å². The summed E-state index contributed by atoms with van der Waals surface area (Å²) in [5, 5.41) is 7.35. The standard InChI is InChI=1S/C18H21F3N6O2/c1-2-23-16(28)26-5-3-17(10-26)4-6-27-14(17)8-12(25-27)11-7-13(15(22)24-9-11)29-18(19,20)21/h7-9H,2-6,10H2,1H3,(H2,22,24)(H,23,28)/t17-/m1/s1. The van der Waals surface area contributed by atoms with Crippen LogP contribution in [0, 0.1) is 0 Å². The third kappa shape index (κ3) is 3.56. The predicted octanol–water partition coefficient (Wildman–Crippen LogP) is 2.50. The maximum atomic E-state index is 12.6. The largest absolute Gasteiger partial charge is 0.573 e. The molecule has 29 heavy (non-hydrogen) atoms. The number of halogens is 3. The summed E-state index contributed by atoms with van der Waals surface area (Å²) in [5.74, 6) is -0.899. The molecule has 2 aliphatic rings. The van der Waals surface area contributed by atoms with Crippen molar-refractivity contribution in [2.75, 3.05) is 25.4 Å². The number of urea groups is 1. The van der Waals surface area contributed by atoms with Gasteiger partial charge in [0.1, 0.15) is 0 Å². The Morgan fingerprint density at radius 3 is 2.83 bits per heavy atom. The van der Waals surface area contributed by atoms with Crippen LogP contribution in [0.15, 0.2) is 18.3 Å². The number of nitrogens with one attached hydrogen (secondary N) is 1. The Morgan fingerprint density at radius 1 is 1.34 bits per heavy atom. The van der Waals surface area contributed by atoms with E-state index in [4.69, 9.17) is 5.73 Å². The quantitative estimate of drug-likeness (QED) is 0.810. The van der Waals surface area contributed by atoms with Crippen LogP contribution in [-0.4, -0.2) is 51.7 Å². The fourth-order valence-electron chi connectivity index (χ4n) is 4.13. The zero-order valence-corrected chi connectivity index (χ0v) is 15.8. The summed E-state index contributed by atoms with van der Waals surface area (Å²) in [6.07, 6.45) is -1.80. The number of carbonyl (C=O) groups excluding carboxylic acids is 1. The fraction of sp³-hybridized carbons (Fsp3) is 0.500. The third-order valence-electron chi connectivity index (χ3n) is 5.50. The highest BCUT2D eigenvalue weighted by Gasteiger charge is 2.46. The average molecular weight is 410 g/mol. The minimum absolute atomic E-state index is 0.0840. The van der Waals surface area contributed by atoms with Gasteiger partial charge in [0.2, 0.25) is 0 Å². The van der Waals surface area contributed by atoms with Crippen molar-refractivity contribution >= 4 is 11.8 Å². The second kappa shape index (κ2) is 6.82. The number of likely N-dealkylation sites (tertiary alicyclic amines) is 1. The second-order valence-electron chi connectivity index (χ2n) is 7.33. The summed E-state index contributed by atoms with van der Waals surface area (Å²) in [6, 6.07) is 2.97. The van der Waals surface area contributed by atoms with Crippen LogP contribution in [0.4, 0.5) is 23.8 Å². The molecule has 1 spiro atoms. The molecule has 4 heterocycles. The number of hydrogen-bond acceptors (Lipinski definition) is 5. The van der Waals surface area contributed by atoms with Gasteiger partial charge in [-0.2, -0.15) is 5.10 Å². The molecule has 2 amide bonds. The molecular formula is C18H21F3N6O2. The topological polar surface area (TPSA) is 98.3 Å². The van der Waals surface area contributed by atoms with Crippen molar-refractivity contribution in [3.63, 3.8) is 0 Å². The summed E-state index contributed by atoms with van der Waals surface area (Å²) >= 11 is 0. The first-order chi connectivity index (χ1) is 13.7. The zero-order valence-electron chi connectivity index (χ0n) is 15.8. The van der Waals surface area contributed by atoms with Gasteiger partial charge in [-0.15, -0.1) is 13.2 Å². The molecule has 4 rings (SSSR count). The summed E-state index contributed by atoms with van der Waals surface area (Å²) in [5.41, 5.74) is 7.17. The molecule has 156 valence electrons. The van der Waals surface area contributed by atoms with E-state index < -0.39 is 12.1 Å². The summed E-state index contributed by atoms with van der Waals surface area (Å²) in [6.45, 7) is 4.37. The van der Waals surface area contributed by atoms with E-state index in [2.05, 4.69) is 20.1 Å². The SMILES string of the molecule is CCNC(=O)N1CC[C@@]2(CCn3nc(-c4cnc(N)c(OC(F)(F)F)c4)cc32)C1. The highest BCUT2D eigenvalue weighted by Crippen LogP contribution is 2.44. The smallest absolute Gasteiger partial charge is 0.402 e. The number of hydrogen-bond donors (Lipinski definition) is 2. The van der Waals surface area contributed by atoms with E-state index in [-0.39, 0.29) is 17.3 Å². The molecule has 2 aromatic heterocycles. The van der Waals surface area contributed by atoms with Crippen molar-refractivity contribution in [3.8, 4) is 17.0 Å². The summed E-state index contributed by atoms with van der Waals surface area (Å²) in [7, 11) is 0. The normalized spacial score (nSPS) is 20.9. The molecule has 0 radical (unpaired) electrons. The molecule has 3 N–H and O–H groups in total. The Bertz CT molecular complexity index is 944. The van der Waals surface area contributed by atoms with Crippen LogP contribution in [0.3, 0.4) is 0 Å². The van der Waals surface area contributed by atoms with Crippen LogP contribution < -0.4 is 15.8 Å². The van der Waals surface area contributed by atoms with Crippen LogP contribution >= 0.6 is 0 Å². The minimum Gasteiger partial charge on any atom is -0.402 e. The number of alkyl halides is 3. The third-order valence-corrected chi connectivity index (χ3v) is 5.50. The van der Waals surface area contributed by atoms with E-state index in [0.717, 1.165) is 18.5 Å². The number of nitrogen functional groups attached to an aromatic ring is 1. The highest BCUT2D eigenvalue weighted by atomic mass is 19.4. The first-order valence-electron chi connectivity index (χ1n) is 9.33. The number of aromatic nitrogens is 3. The van der Waals surface area contributed by atoms with E-state index >= 15 is 0 Å². The molecule has 8 nitrogen and oxygen atoms in total. The molecule has 1 fully saturated rings. The van der Waals surface area contributed by atoms with Gasteiger partial charge in [-0.25, -0.2) is 9.78 Å². The predicted molar refractivity (Wildman–Crippen MR) is 98.1 cm³/mol. The van der Waals surface area contributed by atoms with Crippen molar-refractivity contribution in [1.29, 1.82) is 0 Å². The van der Waals surface area contributed by atoms with Crippen molar-refractivity contribution in [3.05, 3.63) is 24.0 Å². The molecule has 1 atom stereocenters. The van der Waals surface area contributed by atoms with Gasteiger partial charge in [-0.1, -0.05) is 0 Å². The van der Waals surface area contributed by atoms with Gasteiger partial charge in [0.15, 0.2) is 11.6 Å². The van der Waals surface area contributed by atoms with Crippen molar-refractivity contribution in [2.45, 2.75) is 38.1 Å². The van der Waals surface area contributed by atoms with Crippen LogP contribution in [0.1, 0.15) is 25.5 Å². The van der Waals surface area contributed by atoms with Crippen molar-refractivity contribution < 1.29 is 22.7 Å². The maximum absolute atomic E-state index is 12.6. The van der Waals surface area contributed by atoms with Gasteiger partial charge in [0.25, 0.3) is 0 Å². The summed E-state index contributed by atoms with van der Waals surface area (Å²) < 4.78 is 43.6. The lowest BCUT2D eigenvalue weighted by Gasteiger charge is -2.23. The van der Waals surface area contributed by atoms with Crippen LogP contribution in [0.5, 0.6) is 5.75 Å². The van der Waals surface area contributed by atoms with Gasteiger partial charge in [0, 0.05) is 49.0 Å². The second-order valence-corrected chi connectivity index (χ2v) is 7.33. The maximum Gasteiger partial charge on any atom is 0.573 e. The zero-order chi connectivity index (χ0) is 20.8. The van der Waals surface area contributed by atoms with Gasteiger partial charge >= 0.3 is 12.4 Å². The molecule has 0 saturated carbocycles. The van der Waals surface area contributed by atoms with E-state index in [1.807, 2.05) is 17.7 Å². The van der Waals surface area contributed by atoms with Crippen LogP contribution in [-0.2, 0) is 12.0 Å². The van der Waals surface area contributed by atoms with Gasteiger partial charge in [-0.3, -0.25) is 4.68 Å². The Morgan fingerprint density at radius 2 is 2.10 bits per heavy atom. The molecule has 0 aliphatic carbocycles. The van der Waals surface area contributed by atoms with E-state index in [9.17, 15) is 18.0 Å². The van der Waals surface area contributed by atoms with E-state index in [1.54, 1.807) is 4.90 Å². The van der Waals surface area contributed by atoms with Gasteiger partial charge < -0.3 is 20.7 Å². The molecule has 2 aliphatic heterocycles. The van der Waals surface area contributed by atoms with E-state index in [0.29, 0.717) is 37.4 Å². The number of nitrogens with zero attached hydrogens (tertiary/aromatic N) is 4. The van der Waals surface area contributed by atoms with E-state index in [1.165, 1.54) is 12.3 Å². The first kappa shape index (κ1) is 19.3. The Hall–Kier alpha value is -2.98. The fourth-order valence-corrected chi connectivity index (χ4v) is 4.13. The van der Waals surface area contributed by atoms with Gasteiger partial charge in [0.05, 0.1) is 5.69 Å². The first-order valence-corrected chi connectivity index (χ1v) is 9.33. The molecule has 0 bridgehead atoms. The Labute approximate surface area is 164 Å². The molecule has 0 aromatic carbocycles. The number of pyridine rings is 1. The number of ether oxygens (including phenoxy) is 1. The lowest BCUT2D eigenvalue weighted by atomic mass is 9.82. The number of rotatable bonds is 3. The number of fused-ring (bicyclic) bond motifs is 2. The lowest BCUT2D eigenvalue weighted by molar-refractivity contribution is -0.274. The summed E-state index contributed by atoms with van der Waals surface area (Å²) in [4.78, 5) is 17.8. The molecule has 1 saturated heterocycles. The number of amides is 2. The highest BCUT2D eigenvalue weighted by molar-refractivity contribution is 5.75. The number of nitrogens with two attached hydrogens (primary N) is 1. The Kier molecular flexibility index (Phi) is 4.55. The lowest BCUT2D eigenvalue weighted by Crippen LogP contribution is -2.40.